The van der Waals surface area contributed by atoms with Gasteiger partial charge in [-0.15, -0.1) is 0 Å². The fourth-order valence-electron chi connectivity index (χ4n) is 3.85. The zero-order valence-corrected chi connectivity index (χ0v) is 18.8. The maximum absolute atomic E-state index is 12.8. The Balaban J connectivity index is 1.34. The number of anilines is 2. The molecule has 2 N–H and O–H groups in total. The first-order chi connectivity index (χ1) is 16.4. The molecule has 2 aromatic rings. The summed E-state index contributed by atoms with van der Waals surface area (Å²) in [5, 5.41) is 9.66. The molecule has 2 aliphatic heterocycles. The molecule has 2 aromatic carbocycles. The summed E-state index contributed by atoms with van der Waals surface area (Å²) < 4.78 is 10.9. The van der Waals surface area contributed by atoms with Crippen molar-refractivity contribution in [1.82, 2.24) is 10.9 Å². The van der Waals surface area contributed by atoms with Crippen LogP contribution in [0.5, 0.6) is 11.5 Å². The summed E-state index contributed by atoms with van der Waals surface area (Å²) in [6.45, 7) is 0.832. The van der Waals surface area contributed by atoms with Crippen LogP contribution in [0.4, 0.5) is 11.4 Å². The molecule has 0 spiro atoms. The molecule has 0 bridgehead atoms. The van der Waals surface area contributed by atoms with E-state index >= 15 is 0 Å². The maximum atomic E-state index is 12.8. The summed E-state index contributed by atoms with van der Waals surface area (Å²) in [6.07, 6.45) is -0.380. The maximum Gasteiger partial charge on any atom is 0.269 e. The van der Waals surface area contributed by atoms with Gasteiger partial charge < -0.3 is 19.3 Å². The Morgan fingerprint density at radius 2 is 1.59 bits per heavy atom. The molecule has 0 saturated carbocycles. The summed E-state index contributed by atoms with van der Waals surface area (Å²) in [6, 6.07) is 14.2. The zero-order chi connectivity index (χ0) is 24.2. The molecule has 0 atom stereocenters. The molecule has 10 heteroatoms. The fraction of sp³-hybridized carbons (Fsp3) is 0.250. The first-order valence-electron chi connectivity index (χ1n) is 10.6. The van der Waals surface area contributed by atoms with Crippen LogP contribution in [-0.4, -0.2) is 44.9 Å². The van der Waals surface area contributed by atoms with E-state index in [9.17, 15) is 19.6 Å². The number of nitrogens with zero attached hydrogens (tertiary/aromatic N) is 3. The van der Waals surface area contributed by atoms with E-state index in [1.54, 1.807) is 36.0 Å². The summed E-state index contributed by atoms with van der Waals surface area (Å²) >= 11 is 0. The van der Waals surface area contributed by atoms with E-state index in [-0.39, 0.29) is 24.0 Å². The van der Waals surface area contributed by atoms with Crippen LogP contribution in [0.25, 0.3) is 0 Å². The fourth-order valence-corrected chi connectivity index (χ4v) is 3.85. The van der Waals surface area contributed by atoms with Crippen molar-refractivity contribution in [2.75, 3.05) is 37.1 Å². The summed E-state index contributed by atoms with van der Waals surface area (Å²) in [4.78, 5) is 40.9. The van der Waals surface area contributed by atoms with Gasteiger partial charge in [-0.2, -0.15) is 5.26 Å². The van der Waals surface area contributed by atoms with Gasteiger partial charge in [0.15, 0.2) is 17.3 Å². The number of carbonyl (C=O) groups is 3. The number of para-hydroxylation sites is 2. The van der Waals surface area contributed by atoms with E-state index < -0.39 is 17.6 Å². The van der Waals surface area contributed by atoms with Crippen molar-refractivity contribution < 1.29 is 23.9 Å². The van der Waals surface area contributed by atoms with E-state index in [4.69, 9.17) is 9.47 Å². The Bertz CT molecular complexity index is 1200. The number of amides is 2. The van der Waals surface area contributed by atoms with Gasteiger partial charge >= 0.3 is 0 Å². The third-order valence-electron chi connectivity index (χ3n) is 5.55. The number of benzene rings is 2. The predicted octanol–water partition coefficient (Wildman–Crippen LogP) is 1.89. The van der Waals surface area contributed by atoms with Crippen LogP contribution in [0.15, 0.2) is 53.9 Å². The van der Waals surface area contributed by atoms with Gasteiger partial charge in [0.1, 0.15) is 30.7 Å². The Hall–Kier alpha value is -4.52. The molecule has 0 radical (unpaired) electrons. The lowest BCUT2D eigenvalue weighted by atomic mass is 10.1. The number of ether oxygens (including phenoxy) is 2. The van der Waals surface area contributed by atoms with Crippen molar-refractivity contribution in [2.45, 2.75) is 12.8 Å². The largest absolute Gasteiger partial charge is 0.486 e. The topological polar surface area (TPSA) is 124 Å². The number of hydrogen-bond acceptors (Lipinski definition) is 8. The standard InChI is InChI=1S/C24H23N5O5/c1-28-17-5-3-4-6-18(17)29(2)24(28)16(14-25)19(30)8-10-22(31)26-27-23(32)15-7-9-20-21(13-15)34-12-11-33-20/h3-7,9,13H,8,10-12H2,1-2H3,(H,26,31)(H,27,32). The van der Waals surface area contributed by atoms with Crippen LogP contribution in [0.1, 0.15) is 23.2 Å². The molecule has 2 amide bonds. The van der Waals surface area contributed by atoms with Gasteiger partial charge in [0.25, 0.3) is 5.91 Å². The molecular formula is C24H23N5O5. The van der Waals surface area contributed by atoms with Crippen LogP contribution in [0.2, 0.25) is 0 Å². The SMILES string of the molecule is CN1C(=C(C#N)C(=O)CCC(=O)NNC(=O)c2ccc3c(c2)OCCO3)N(C)c2ccccc21. The summed E-state index contributed by atoms with van der Waals surface area (Å²) in [7, 11) is 3.56. The monoisotopic (exact) mass is 461 g/mol. The number of nitriles is 1. The molecule has 2 aliphatic rings. The molecule has 0 aromatic heterocycles. The predicted molar refractivity (Wildman–Crippen MR) is 123 cm³/mol. The lowest BCUT2D eigenvalue weighted by Crippen LogP contribution is -2.41. The van der Waals surface area contributed by atoms with Gasteiger partial charge in [-0.3, -0.25) is 25.2 Å². The summed E-state index contributed by atoms with van der Waals surface area (Å²) in [5.41, 5.74) is 6.60. The lowest BCUT2D eigenvalue weighted by molar-refractivity contribution is -0.124. The van der Waals surface area contributed by atoms with Gasteiger partial charge in [0.05, 0.1) is 11.4 Å². The van der Waals surface area contributed by atoms with Crippen LogP contribution in [-0.2, 0) is 9.59 Å². The highest BCUT2D eigenvalue weighted by molar-refractivity contribution is 6.04. The number of hydrogen-bond donors (Lipinski definition) is 2. The Morgan fingerprint density at radius 1 is 0.941 bits per heavy atom. The molecule has 4 rings (SSSR count). The minimum atomic E-state index is -0.557. The molecular weight excluding hydrogens is 438 g/mol. The van der Waals surface area contributed by atoms with Crippen LogP contribution in [0, 0.1) is 11.3 Å². The van der Waals surface area contributed by atoms with Crippen molar-refractivity contribution in [1.29, 1.82) is 5.26 Å². The Labute approximate surface area is 196 Å². The second-order valence-electron chi connectivity index (χ2n) is 7.70. The number of nitrogens with one attached hydrogen (secondary N) is 2. The second kappa shape index (κ2) is 9.54. The first-order valence-corrected chi connectivity index (χ1v) is 10.6. The number of fused-ring (bicyclic) bond motifs is 2. The van der Waals surface area contributed by atoms with Gasteiger partial charge in [-0.1, -0.05) is 12.1 Å². The zero-order valence-electron chi connectivity index (χ0n) is 18.8. The van der Waals surface area contributed by atoms with E-state index in [1.807, 2.05) is 30.3 Å². The molecule has 0 saturated heterocycles. The number of rotatable bonds is 5. The third-order valence-corrected chi connectivity index (χ3v) is 5.55. The Morgan fingerprint density at radius 3 is 2.24 bits per heavy atom. The Kier molecular flexibility index (Phi) is 6.36. The molecule has 0 unspecified atom stereocenters. The highest BCUT2D eigenvalue weighted by Crippen LogP contribution is 2.40. The minimum Gasteiger partial charge on any atom is -0.486 e. The summed E-state index contributed by atoms with van der Waals surface area (Å²) in [5.74, 6) is -0.0916. The number of carbonyl (C=O) groups excluding carboxylic acids is 3. The van der Waals surface area contributed by atoms with Crippen LogP contribution in [0.3, 0.4) is 0 Å². The first kappa shape index (κ1) is 22.7. The van der Waals surface area contributed by atoms with E-state index in [0.717, 1.165) is 11.4 Å². The van der Waals surface area contributed by atoms with Crippen molar-refractivity contribution in [3.8, 4) is 17.6 Å². The van der Waals surface area contributed by atoms with E-state index in [2.05, 4.69) is 10.9 Å². The van der Waals surface area contributed by atoms with Gasteiger partial charge in [-0.05, 0) is 30.3 Å². The van der Waals surface area contributed by atoms with Crippen LogP contribution >= 0.6 is 0 Å². The molecule has 0 fully saturated rings. The third kappa shape index (κ3) is 4.36. The van der Waals surface area contributed by atoms with Gasteiger partial charge in [0.2, 0.25) is 5.91 Å². The van der Waals surface area contributed by atoms with E-state index in [0.29, 0.717) is 30.5 Å². The minimum absolute atomic E-state index is 0.0330. The average molecular weight is 461 g/mol. The average Bonchev–Trinajstić information content (AvgIpc) is 3.11. The van der Waals surface area contributed by atoms with E-state index in [1.165, 1.54) is 6.07 Å². The normalized spacial score (nSPS) is 13.6. The number of ketones is 1. The van der Waals surface area contributed by atoms with Crippen molar-refractivity contribution in [3.05, 3.63) is 59.4 Å². The van der Waals surface area contributed by atoms with Crippen molar-refractivity contribution in [2.24, 2.45) is 0 Å². The molecule has 174 valence electrons. The molecule has 0 aliphatic carbocycles. The number of Topliss-reactive ketones (excluding diaryl/α,β-unsaturated/α-hetero) is 1. The smallest absolute Gasteiger partial charge is 0.269 e. The van der Waals surface area contributed by atoms with Crippen molar-refractivity contribution >= 4 is 29.0 Å². The number of hydrazine groups is 1. The number of allylic oxidation sites excluding steroid dienone is 1. The van der Waals surface area contributed by atoms with Crippen molar-refractivity contribution in [3.63, 3.8) is 0 Å². The second-order valence-corrected chi connectivity index (χ2v) is 7.70. The highest BCUT2D eigenvalue weighted by Gasteiger charge is 2.31. The lowest BCUT2D eigenvalue weighted by Gasteiger charge is -2.20. The molecule has 34 heavy (non-hydrogen) atoms. The molecule has 2 heterocycles. The highest BCUT2D eigenvalue weighted by atomic mass is 16.6. The quantitative estimate of drug-likeness (QED) is 0.393. The van der Waals surface area contributed by atoms with Gasteiger partial charge in [-0.25, -0.2) is 0 Å². The van der Waals surface area contributed by atoms with Gasteiger partial charge in [0, 0.05) is 32.5 Å². The molecule has 10 nitrogen and oxygen atoms in total. The van der Waals surface area contributed by atoms with Crippen LogP contribution < -0.4 is 30.1 Å².